The van der Waals surface area contributed by atoms with Gasteiger partial charge in [-0.3, -0.25) is 9.36 Å². The van der Waals surface area contributed by atoms with Crippen LogP contribution in [0.25, 0.3) is 28.0 Å². The lowest BCUT2D eigenvalue weighted by Gasteiger charge is -2.25. The zero-order chi connectivity index (χ0) is 25.4. The second-order valence-electron chi connectivity index (χ2n) is 7.66. The lowest BCUT2D eigenvalue weighted by Crippen LogP contribution is -2.46. The van der Waals surface area contributed by atoms with Crippen LogP contribution < -0.4 is 10.9 Å². The SMILES string of the molecule is O=c1ccc2c(-c3ccc(Cl)cc3)nc(NC(O)(CO)CO)nc2n1-c1ccc(C(F)(F)F)cc1. The van der Waals surface area contributed by atoms with Gasteiger partial charge in [0.15, 0.2) is 11.4 Å². The fraction of sp³-hybridized carbons (Fsp3) is 0.174. The fourth-order valence-corrected chi connectivity index (χ4v) is 3.51. The van der Waals surface area contributed by atoms with Gasteiger partial charge < -0.3 is 20.6 Å². The van der Waals surface area contributed by atoms with Crippen LogP contribution in [0.2, 0.25) is 5.02 Å². The summed E-state index contributed by atoms with van der Waals surface area (Å²) >= 11 is 5.98. The second-order valence-corrected chi connectivity index (χ2v) is 8.10. The van der Waals surface area contributed by atoms with Gasteiger partial charge in [-0.25, -0.2) is 4.98 Å². The van der Waals surface area contributed by atoms with E-state index in [0.717, 1.165) is 28.8 Å². The molecule has 2 aromatic heterocycles. The Hall–Kier alpha value is -3.51. The van der Waals surface area contributed by atoms with Crippen molar-refractivity contribution in [2.45, 2.75) is 11.9 Å². The number of nitrogens with one attached hydrogen (secondary N) is 1. The highest BCUT2D eigenvalue weighted by Gasteiger charge is 2.30. The Morgan fingerprint density at radius 2 is 1.54 bits per heavy atom. The Bertz CT molecular complexity index is 1420. The predicted molar refractivity (Wildman–Crippen MR) is 123 cm³/mol. The molecule has 0 fully saturated rings. The number of aromatic nitrogens is 3. The van der Waals surface area contributed by atoms with E-state index in [2.05, 4.69) is 15.3 Å². The maximum Gasteiger partial charge on any atom is 0.416 e. The van der Waals surface area contributed by atoms with Crippen LogP contribution in [0.1, 0.15) is 5.56 Å². The number of aliphatic hydroxyl groups is 3. The van der Waals surface area contributed by atoms with Crippen molar-refractivity contribution in [3.63, 3.8) is 0 Å². The Kier molecular flexibility index (Phi) is 6.52. The van der Waals surface area contributed by atoms with Gasteiger partial charge in [0, 0.05) is 22.0 Å². The van der Waals surface area contributed by atoms with Crippen molar-refractivity contribution in [3.8, 4) is 16.9 Å². The minimum Gasteiger partial charge on any atom is -0.391 e. The highest BCUT2D eigenvalue weighted by Crippen LogP contribution is 2.31. The second kappa shape index (κ2) is 9.27. The van der Waals surface area contributed by atoms with Crippen molar-refractivity contribution in [2.75, 3.05) is 18.5 Å². The lowest BCUT2D eigenvalue weighted by molar-refractivity contribution is -0.137. The maximum absolute atomic E-state index is 13.0. The number of alkyl halides is 3. The molecule has 0 saturated carbocycles. The van der Waals surface area contributed by atoms with Gasteiger partial charge in [0.05, 0.1) is 30.2 Å². The quantitative estimate of drug-likeness (QED) is 0.296. The van der Waals surface area contributed by atoms with Gasteiger partial charge >= 0.3 is 6.18 Å². The zero-order valence-electron chi connectivity index (χ0n) is 17.8. The van der Waals surface area contributed by atoms with E-state index in [1.165, 1.54) is 12.1 Å². The smallest absolute Gasteiger partial charge is 0.391 e. The Morgan fingerprint density at radius 1 is 0.914 bits per heavy atom. The van der Waals surface area contributed by atoms with Crippen LogP contribution in [0.5, 0.6) is 0 Å². The van der Waals surface area contributed by atoms with E-state index < -0.39 is 36.2 Å². The number of fused-ring (bicyclic) bond motifs is 1. The van der Waals surface area contributed by atoms with Crippen LogP contribution in [0.15, 0.2) is 65.5 Å². The first-order valence-corrected chi connectivity index (χ1v) is 10.5. The minimum absolute atomic E-state index is 0.0120. The molecule has 12 heteroatoms. The normalized spacial score (nSPS) is 12.2. The van der Waals surface area contributed by atoms with E-state index in [1.807, 2.05) is 0 Å². The van der Waals surface area contributed by atoms with Crippen molar-refractivity contribution in [1.82, 2.24) is 14.5 Å². The zero-order valence-corrected chi connectivity index (χ0v) is 18.5. The summed E-state index contributed by atoms with van der Waals surface area (Å²) in [6, 6.07) is 13.2. The van der Waals surface area contributed by atoms with Gasteiger partial charge in [-0.2, -0.15) is 18.2 Å². The number of nitrogens with zero attached hydrogens (tertiary/aromatic N) is 3. The third-order valence-corrected chi connectivity index (χ3v) is 5.44. The molecule has 4 aromatic rings. The fourth-order valence-electron chi connectivity index (χ4n) is 3.38. The van der Waals surface area contributed by atoms with Gasteiger partial charge in [-0.1, -0.05) is 23.7 Å². The molecule has 0 aliphatic heterocycles. The molecule has 0 saturated heterocycles. The summed E-state index contributed by atoms with van der Waals surface area (Å²) < 4.78 is 40.2. The summed E-state index contributed by atoms with van der Waals surface area (Å²) in [5.74, 6) is -0.251. The van der Waals surface area contributed by atoms with Crippen LogP contribution in [0.3, 0.4) is 0 Å². The summed E-state index contributed by atoms with van der Waals surface area (Å²) in [5, 5.41) is 32.5. The van der Waals surface area contributed by atoms with Crippen LogP contribution >= 0.6 is 11.6 Å². The Morgan fingerprint density at radius 3 is 2.11 bits per heavy atom. The number of benzene rings is 2. The third kappa shape index (κ3) is 4.98. The van der Waals surface area contributed by atoms with Gasteiger partial charge in [-0.15, -0.1) is 0 Å². The topological polar surface area (TPSA) is 120 Å². The summed E-state index contributed by atoms with van der Waals surface area (Å²) in [6.45, 7) is -1.77. The van der Waals surface area contributed by atoms with Gasteiger partial charge in [0.1, 0.15) is 0 Å². The monoisotopic (exact) mass is 506 g/mol. The number of rotatable bonds is 6. The van der Waals surface area contributed by atoms with Crippen LogP contribution in [-0.2, 0) is 6.18 Å². The number of aliphatic hydroxyl groups excluding tert-OH is 2. The molecule has 0 aliphatic rings. The molecule has 0 aliphatic carbocycles. The molecule has 4 rings (SSSR count). The van der Waals surface area contributed by atoms with Gasteiger partial charge in [-0.05, 0) is 42.5 Å². The highest BCUT2D eigenvalue weighted by atomic mass is 35.5. The molecule has 2 aromatic carbocycles. The number of hydrogen-bond acceptors (Lipinski definition) is 7. The minimum atomic E-state index is -4.55. The molecule has 182 valence electrons. The Labute approximate surface area is 200 Å². The number of anilines is 1. The average Bonchev–Trinajstić information content (AvgIpc) is 2.83. The molecule has 0 amide bonds. The van der Waals surface area contributed by atoms with Crippen molar-refractivity contribution in [3.05, 3.63) is 81.6 Å². The first-order chi connectivity index (χ1) is 16.5. The van der Waals surface area contributed by atoms with Crippen LogP contribution in [-0.4, -0.2) is 48.8 Å². The Balaban J connectivity index is 2.00. The summed E-state index contributed by atoms with van der Waals surface area (Å²) in [7, 11) is 0. The number of pyridine rings is 1. The summed E-state index contributed by atoms with van der Waals surface area (Å²) in [6.07, 6.45) is -4.55. The number of halogens is 4. The van der Waals surface area contributed by atoms with Crippen molar-refractivity contribution >= 4 is 28.6 Å². The van der Waals surface area contributed by atoms with E-state index in [4.69, 9.17) is 11.6 Å². The van der Waals surface area contributed by atoms with Crippen molar-refractivity contribution in [2.24, 2.45) is 0 Å². The van der Waals surface area contributed by atoms with E-state index in [1.54, 1.807) is 24.3 Å². The van der Waals surface area contributed by atoms with Crippen molar-refractivity contribution in [1.29, 1.82) is 0 Å². The van der Waals surface area contributed by atoms with Crippen LogP contribution in [0.4, 0.5) is 19.1 Å². The van der Waals surface area contributed by atoms with E-state index in [9.17, 15) is 33.3 Å². The third-order valence-electron chi connectivity index (χ3n) is 5.19. The van der Waals surface area contributed by atoms with Gasteiger partial charge in [0.25, 0.3) is 5.56 Å². The summed E-state index contributed by atoms with van der Waals surface area (Å²) in [5.41, 5.74) is -2.67. The molecule has 0 bridgehead atoms. The number of hydrogen-bond donors (Lipinski definition) is 4. The summed E-state index contributed by atoms with van der Waals surface area (Å²) in [4.78, 5) is 21.5. The molecule has 2 heterocycles. The highest BCUT2D eigenvalue weighted by molar-refractivity contribution is 6.30. The lowest BCUT2D eigenvalue weighted by atomic mass is 10.1. The predicted octanol–water partition coefficient (Wildman–Crippen LogP) is 3.21. The first-order valence-electron chi connectivity index (χ1n) is 10.1. The average molecular weight is 507 g/mol. The van der Waals surface area contributed by atoms with Crippen LogP contribution in [0, 0.1) is 0 Å². The standard InChI is InChI=1S/C23H18ClF3N4O4/c24-15-5-1-13(2-6-15)19-17-9-10-18(34)31(16-7-3-14(4-8-16)23(25,26)27)20(17)29-21(28-19)30-22(35,11-32)12-33/h1-10,32-33,35H,11-12H2,(H,28,29,30). The molecule has 35 heavy (non-hydrogen) atoms. The van der Waals surface area contributed by atoms with E-state index in [-0.39, 0.29) is 17.3 Å². The largest absolute Gasteiger partial charge is 0.416 e. The molecule has 8 nitrogen and oxygen atoms in total. The van der Waals surface area contributed by atoms with Gasteiger partial charge in [0.2, 0.25) is 5.95 Å². The molecule has 0 unspecified atom stereocenters. The molecular formula is C23H18ClF3N4O4. The molecule has 4 N–H and O–H groups in total. The van der Waals surface area contributed by atoms with E-state index in [0.29, 0.717) is 21.7 Å². The molecular weight excluding hydrogens is 489 g/mol. The van der Waals surface area contributed by atoms with Crippen molar-refractivity contribution < 1.29 is 28.5 Å². The molecule has 0 radical (unpaired) electrons. The first kappa shape index (κ1) is 24.6. The molecule has 0 spiro atoms. The van der Waals surface area contributed by atoms with E-state index >= 15 is 0 Å². The molecule has 0 atom stereocenters. The maximum atomic E-state index is 13.0.